The minimum Gasteiger partial charge on any atom is -0.369 e. The van der Waals surface area contributed by atoms with Gasteiger partial charge in [0.15, 0.2) is 5.65 Å². The molecule has 1 atom stereocenters. The van der Waals surface area contributed by atoms with E-state index in [1.807, 2.05) is 10.6 Å². The summed E-state index contributed by atoms with van der Waals surface area (Å²) in [5.74, 6) is 0.728. The fraction of sp³-hybridized carbons (Fsp3) is 0.533. The Morgan fingerprint density at radius 1 is 1.52 bits per heavy atom. The van der Waals surface area contributed by atoms with Crippen LogP contribution in [0.5, 0.6) is 0 Å². The molecule has 1 aliphatic heterocycles. The Hall–Kier alpha value is -2.11. The van der Waals surface area contributed by atoms with Crippen LogP contribution in [-0.2, 0) is 11.2 Å². The second-order valence-corrected chi connectivity index (χ2v) is 5.64. The van der Waals surface area contributed by atoms with Gasteiger partial charge in [-0.05, 0) is 19.3 Å². The molecule has 2 aromatic rings. The molecule has 0 spiro atoms. The number of aryl methyl sites for hydroxylation is 1. The molecular formula is C15H21N5O. The molecule has 6 heteroatoms. The Morgan fingerprint density at radius 2 is 2.38 bits per heavy atom. The maximum atomic E-state index is 11.5. The maximum Gasteiger partial charge on any atom is 0.222 e. The molecule has 2 aromatic heterocycles. The van der Waals surface area contributed by atoms with Gasteiger partial charge in [0.2, 0.25) is 5.91 Å². The first-order chi connectivity index (χ1) is 10.2. The van der Waals surface area contributed by atoms with E-state index in [0.29, 0.717) is 6.54 Å². The number of hydrogen-bond donors (Lipinski definition) is 1. The first-order valence-corrected chi connectivity index (χ1v) is 7.57. The zero-order valence-corrected chi connectivity index (χ0v) is 12.3. The van der Waals surface area contributed by atoms with Crippen LogP contribution in [0.2, 0.25) is 0 Å². The van der Waals surface area contributed by atoms with E-state index in [4.69, 9.17) is 5.73 Å². The van der Waals surface area contributed by atoms with Crippen molar-refractivity contribution < 1.29 is 4.79 Å². The van der Waals surface area contributed by atoms with Gasteiger partial charge in [-0.15, -0.1) is 0 Å². The maximum absolute atomic E-state index is 11.5. The summed E-state index contributed by atoms with van der Waals surface area (Å²) in [6, 6.07) is 4.01. The highest BCUT2D eigenvalue weighted by Gasteiger charge is 2.25. The van der Waals surface area contributed by atoms with E-state index in [-0.39, 0.29) is 11.8 Å². The number of amides is 1. The molecule has 112 valence electrons. The van der Waals surface area contributed by atoms with Crippen molar-refractivity contribution >= 4 is 17.4 Å². The predicted molar refractivity (Wildman–Crippen MR) is 81.1 cm³/mol. The largest absolute Gasteiger partial charge is 0.369 e. The van der Waals surface area contributed by atoms with Gasteiger partial charge in [-0.1, -0.05) is 13.3 Å². The van der Waals surface area contributed by atoms with Gasteiger partial charge in [-0.3, -0.25) is 4.79 Å². The Morgan fingerprint density at radius 3 is 3.14 bits per heavy atom. The van der Waals surface area contributed by atoms with E-state index >= 15 is 0 Å². The molecule has 1 unspecified atom stereocenters. The standard InChI is InChI=1S/C15H21N5O/c1-2-4-12-9-14(20-13(18-12)6-7-17-20)19-8-3-5-11(10-19)15(16)21/h6-7,9,11H,2-5,8,10H2,1H3,(H2,16,21). The third kappa shape index (κ3) is 2.70. The molecule has 0 radical (unpaired) electrons. The molecule has 1 aliphatic rings. The van der Waals surface area contributed by atoms with Crippen LogP contribution in [0, 0.1) is 5.92 Å². The number of anilines is 1. The monoisotopic (exact) mass is 287 g/mol. The molecule has 3 heterocycles. The zero-order valence-electron chi connectivity index (χ0n) is 12.3. The smallest absolute Gasteiger partial charge is 0.222 e. The van der Waals surface area contributed by atoms with Crippen molar-refractivity contribution in [3.05, 3.63) is 24.0 Å². The predicted octanol–water partition coefficient (Wildman–Crippen LogP) is 1.38. The lowest BCUT2D eigenvalue weighted by molar-refractivity contribution is -0.122. The quantitative estimate of drug-likeness (QED) is 0.921. The summed E-state index contributed by atoms with van der Waals surface area (Å²) in [4.78, 5) is 18.3. The number of carbonyl (C=O) groups is 1. The van der Waals surface area contributed by atoms with Gasteiger partial charge in [0.1, 0.15) is 5.82 Å². The van der Waals surface area contributed by atoms with Gasteiger partial charge in [0, 0.05) is 30.9 Å². The highest BCUT2D eigenvalue weighted by Crippen LogP contribution is 2.24. The van der Waals surface area contributed by atoms with Gasteiger partial charge < -0.3 is 10.6 Å². The number of carbonyl (C=O) groups excluding carboxylic acids is 1. The molecule has 2 N–H and O–H groups in total. The topological polar surface area (TPSA) is 76.5 Å². The lowest BCUT2D eigenvalue weighted by Gasteiger charge is -2.33. The summed E-state index contributed by atoms with van der Waals surface area (Å²) in [6.45, 7) is 3.74. The molecule has 21 heavy (non-hydrogen) atoms. The second kappa shape index (κ2) is 5.71. The summed E-state index contributed by atoms with van der Waals surface area (Å²) < 4.78 is 1.85. The first kappa shape index (κ1) is 13.9. The van der Waals surface area contributed by atoms with Crippen molar-refractivity contribution in [2.75, 3.05) is 18.0 Å². The number of fused-ring (bicyclic) bond motifs is 1. The lowest BCUT2D eigenvalue weighted by Crippen LogP contribution is -2.42. The van der Waals surface area contributed by atoms with Crippen LogP contribution in [0.25, 0.3) is 5.65 Å². The Bertz CT molecular complexity index is 651. The van der Waals surface area contributed by atoms with Crippen LogP contribution in [-0.4, -0.2) is 33.6 Å². The van der Waals surface area contributed by atoms with E-state index in [1.165, 1.54) is 0 Å². The number of aromatic nitrogens is 3. The molecule has 0 bridgehead atoms. The molecular weight excluding hydrogens is 266 g/mol. The molecule has 3 rings (SSSR count). The van der Waals surface area contributed by atoms with Crippen LogP contribution in [0.3, 0.4) is 0 Å². The summed E-state index contributed by atoms with van der Waals surface area (Å²) in [7, 11) is 0. The van der Waals surface area contributed by atoms with Crippen molar-refractivity contribution in [1.29, 1.82) is 0 Å². The molecule has 1 fully saturated rings. The molecule has 6 nitrogen and oxygen atoms in total. The normalized spacial score (nSPS) is 19.1. The molecule has 1 saturated heterocycles. The van der Waals surface area contributed by atoms with Crippen LogP contribution in [0.4, 0.5) is 5.82 Å². The summed E-state index contributed by atoms with van der Waals surface area (Å²) in [6.07, 6.45) is 5.61. The molecule has 0 aliphatic carbocycles. The SMILES string of the molecule is CCCc1cc(N2CCCC(C(N)=O)C2)n2nccc2n1. The van der Waals surface area contributed by atoms with E-state index in [1.54, 1.807) is 6.20 Å². The van der Waals surface area contributed by atoms with Crippen molar-refractivity contribution in [2.45, 2.75) is 32.6 Å². The highest BCUT2D eigenvalue weighted by atomic mass is 16.1. The molecule has 0 saturated carbocycles. The third-order valence-electron chi connectivity index (χ3n) is 4.05. The summed E-state index contributed by atoms with van der Waals surface area (Å²) in [5, 5.41) is 4.36. The molecule has 0 aromatic carbocycles. The minimum absolute atomic E-state index is 0.0767. The van der Waals surface area contributed by atoms with E-state index < -0.39 is 0 Å². The zero-order chi connectivity index (χ0) is 14.8. The number of piperidine rings is 1. The van der Waals surface area contributed by atoms with Gasteiger partial charge >= 0.3 is 0 Å². The van der Waals surface area contributed by atoms with Gasteiger partial charge in [0.05, 0.1) is 12.1 Å². The summed E-state index contributed by atoms with van der Waals surface area (Å²) in [5.41, 5.74) is 7.41. The lowest BCUT2D eigenvalue weighted by atomic mass is 9.97. The van der Waals surface area contributed by atoms with Crippen LogP contribution >= 0.6 is 0 Å². The fourth-order valence-electron chi connectivity index (χ4n) is 2.97. The van der Waals surface area contributed by atoms with E-state index in [0.717, 1.165) is 49.4 Å². The fourth-order valence-corrected chi connectivity index (χ4v) is 2.97. The van der Waals surface area contributed by atoms with Gasteiger partial charge in [0.25, 0.3) is 0 Å². The summed E-state index contributed by atoms with van der Waals surface area (Å²) >= 11 is 0. The van der Waals surface area contributed by atoms with Crippen LogP contribution in [0.1, 0.15) is 31.9 Å². The number of nitrogens with two attached hydrogens (primary N) is 1. The third-order valence-corrected chi connectivity index (χ3v) is 4.05. The highest BCUT2D eigenvalue weighted by molar-refractivity contribution is 5.77. The Balaban J connectivity index is 1.97. The number of hydrogen-bond acceptors (Lipinski definition) is 4. The van der Waals surface area contributed by atoms with Crippen LogP contribution in [0.15, 0.2) is 18.3 Å². The minimum atomic E-state index is -0.209. The van der Waals surface area contributed by atoms with Crippen LogP contribution < -0.4 is 10.6 Å². The number of nitrogens with zero attached hydrogens (tertiary/aromatic N) is 4. The van der Waals surface area contributed by atoms with Crippen molar-refractivity contribution in [1.82, 2.24) is 14.6 Å². The Labute approximate surface area is 123 Å². The van der Waals surface area contributed by atoms with Crippen molar-refractivity contribution in [3.8, 4) is 0 Å². The number of primary amides is 1. The first-order valence-electron chi connectivity index (χ1n) is 7.57. The van der Waals surface area contributed by atoms with Crippen molar-refractivity contribution in [3.63, 3.8) is 0 Å². The number of rotatable bonds is 4. The molecule has 1 amide bonds. The van der Waals surface area contributed by atoms with E-state index in [9.17, 15) is 4.79 Å². The average molecular weight is 287 g/mol. The average Bonchev–Trinajstić information content (AvgIpc) is 2.95. The van der Waals surface area contributed by atoms with Crippen molar-refractivity contribution in [2.24, 2.45) is 11.7 Å². The van der Waals surface area contributed by atoms with E-state index in [2.05, 4.69) is 28.0 Å². The van der Waals surface area contributed by atoms with Gasteiger partial charge in [-0.25, -0.2) is 4.98 Å². The Kier molecular flexibility index (Phi) is 3.77. The van der Waals surface area contributed by atoms with Gasteiger partial charge in [-0.2, -0.15) is 9.61 Å². The second-order valence-electron chi connectivity index (χ2n) is 5.64.